The number of sulfone groups is 1. The van der Waals surface area contributed by atoms with Crippen molar-refractivity contribution >= 4 is 15.8 Å². The molecule has 1 unspecified atom stereocenters. The monoisotopic (exact) mass is 281 g/mol. The van der Waals surface area contributed by atoms with Crippen LogP contribution in [-0.4, -0.2) is 25.4 Å². The molecule has 0 N–H and O–H groups in total. The number of nitriles is 1. The van der Waals surface area contributed by atoms with E-state index in [4.69, 9.17) is 10.00 Å². The van der Waals surface area contributed by atoms with Crippen molar-refractivity contribution in [1.29, 1.82) is 5.26 Å². The summed E-state index contributed by atoms with van der Waals surface area (Å²) in [6.07, 6.45) is -0.126. The maximum absolute atomic E-state index is 11.7. The molecule has 5 nitrogen and oxygen atoms in total. The lowest BCUT2D eigenvalue weighted by molar-refractivity contribution is -0.144. The van der Waals surface area contributed by atoms with Crippen molar-refractivity contribution in [2.45, 2.75) is 25.2 Å². The Morgan fingerprint density at radius 2 is 2.00 bits per heavy atom. The first-order chi connectivity index (χ1) is 8.97. The van der Waals surface area contributed by atoms with Gasteiger partial charge in [0.1, 0.15) is 6.61 Å². The van der Waals surface area contributed by atoms with Crippen LogP contribution in [0.2, 0.25) is 0 Å². The third-order valence-corrected chi connectivity index (χ3v) is 4.64. The molecule has 0 amide bonds. The van der Waals surface area contributed by atoms with Gasteiger partial charge in [-0.15, -0.1) is 0 Å². The summed E-state index contributed by atoms with van der Waals surface area (Å²) in [4.78, 5) is 11.6. The van der Waals surface area contributed by atoms with Gasteiger partial charge in [-0.05, 0) is 12.5 Å². The molecule has 0 aliphatic carbocycles. The zero-order chi connectivity index (χ0) is 14.3. The molecule has 1 atom stereocenters. The van der Waals surface area contributed by atoms with Crippen LogP contribution in [0.3, 0.4) is 0 Å². The van der Waals surface area contributed by atoms with Gasteiger partial charge in [0, 0.05) is 6.42 Å². The Balaban J connectivity index is 2.56. The number of carbonyl (C=O) groups is 1. The zero-order valence-corrected chi connectivity index (χ0v) is 11.4. The van der Waals surface area contributed by atoms with Gasteiger partial charge in [-0.3, -0.25) is 4.79 Å². The van der Waals surface area contributed by atoms with Gasteiger partial charge in [0.25, 0.3) is 0 Å². The molecule has 0 saturated carbocycles. The number of hydrogen-bond acceptors (Lipinski definition) is 5. The number of ether oxygens (including phenoxy) is 1. The average Bonchev–Trinajstić information content (AvgIpc) is 2.43. The highest BCUT2D eigenvalue weighted by Crippen LogP contribution is 2.08. The van der Waals surface area contributed by atoms with Crippen LogP contribution in [0.4, 0.5) is 0 Å². The van der Waals surface area contributed by atoms with Gasteiger partial charge >= 0.3 is 5.97 Å². The minimum Gasteiger partial charge on any atom is -0.460 e. The van der Waals surface area contributed by atoms with Crippen LogP contribution in [-0.2, 0) is 26.0 Å². The van der Waals surface area contributed by atoms with Crippen LogP contribution in [0.1, 0.15) is 18.9 Å². The van der Waals surface area contributed by atoms with Gasteiger partial charge < -0.3 is 4.74 Å². The second kappa shape index (κ2) is 6.90. The fraction of sp³-hybridized carbons (Fsp3) is 0.385. The van der Waals surface area contributed by atoms with Crippen LogP contribution in [0, 0.1) is 11.3 Å². The van der Waals surface area contributed by atoms with E-state index in [-0.39, 0.29) is 18.8 Å². The minimum absolute atomic E-state index is 0.0395. The molecule has 19 heavy (non-hydrogen) atoms. The Morgan fingerprint density at radius 3 is 2.58 bits per heavy atom. The number of nitrogens with zero attached hydrogens (tertiary/aromatic N) is 1. The van der Waals surface area contributed by atoms with Gasteiger partial charge in [0.2, 0.25) is 0 Å². The third kappa shape index (κ3) is 4.72. The van der Waals surface area contributed by atoms with Gasteiger partial charge in [-0.2, -0.15) is 5.26 Å². The Bertz CT molecular complexity index is 560. The molecule has 102 valence electrons. The summed E-state index contributed by atoms with van der Waals surface area (Å²) < 4.78 is 28.3. The molecule has 1 aromatic rings. The summed E-state index contributed by atoms with van der Waals surface area (Å²) in [5.41, 5.74) is 0.789. The van der Waals surface area contributed by atoms with Crippen molar-refractivity contribution in [3.05, 3.63) is 35.9 Å². The van der Waals surface area contributed by atoms with Crippen LogP contribution in [0.5, 0.6) is 0 Å². The molecule has 0 fully saturated rings. The Labute approximate surface area is 112 Å². The topological polar surface area (TPSA) is 84.2 Å². The second-order valence-electron chi connectivity index (χ2n) is 4.01. The lowest BCUT2D eigenvalue weighted by Gasteiger charge is -2.11. The van der Waals surface area contributed by atoms with E-state index in [1.165, 1.54) is 6.92 Å². The summed E-state index contributed by atoms with van der Waals surface area (Å²) in [5, 5.41) is 7.13. The lowest BCUT2D eigenvalue weighted by atomic mass is 10.2. The first kappa shape index (κ1) is 15.2. The molecular weight excluding hydrogens is 266 g/mol. The quantitative estimate of drug-likeness (QED) is 0.737. The van der Waals surface area contributed by atoms with E-state index in [1.807, 2.05) is 6.07 Å². The lowest BCUT2D eigenvalue weighted by Crippen LogP contribution is -2.31. The van der Waals surface area contributed by atoms with Crippen LogP contribution in [0.15, 0.2) is 30.3 Å². The third-order valence-electron chi connectivity index (χ3n) is 2.59. The molecule has 0 aliphatic heterocycles. The molecule has 0 saturated heterocycles. The molecule has 6 heteroatoms. The van der Waals surface area contributed by atoms with E-state index >= 15 is 0 Å². The predicted molar refractivity (Wildman–Crippen MR) is 69.7 cm³/mol. The van der Waals surface area contributed by atoms with Crippen LogP contribution >= 0.6 is 0 Å². The zero-order valence-electron chi connectivity index (χ0n) is 10.6. The highest BCUT2D eigenvalue weighted by molar-refractivity contribution is 7.92. The highest BCUT2D eigenvalue weighted by Gasteiger charge is 2.28. The first-order valence-electron chi connectivity index (χ1n) is 5.76. The summed E-state index contributed by atoms with van der Waals surface area (Å²) >= 11 is 0. The molecule has 0 radical (unpaired) electrons. The van der Waals surface area contributed by atoms with Gasteiger partial charge in [0.05, 0.1) is 11.8 Å². The second-order valence-corrected chi connectivity index (χ2v) is 6.45. The smallest absolute Gasteiger partial charge is 0.324 e. The number of rotatable bonds is 6. The van der Waals surface area contributed by atoms with E-state index in [0.717, 1.165) is 5.56 Å². The minimum atomic E-state index is -3.62. The maximum atomic E-state index is 11.7. The summed E-state index contributed by atoms with van der Waals surface area (Å²) in [7, 11) is -3.62. The highest BCUT2D eigenvalue weighted by atomic mass is 32.2. The summed E-state index contributed by atoms with van der Waals surface area (Å²) in [6.45, 7) is 1.32. The Morgan fingerprint density at radius 1 is 1.37 bits per heavy atom. The van der Waals surface area contributed by atoms with Crippen molar-refractivity contribution in [2.24, 2.45) is 0 Å². The predicted octanol–water partition coefficient (Wildman–Crippen LogP) is 1.45. The van der Waals surface area contributed by atoms with E-state index in [0.29, 0.717) is 0 Å². The van der Waals surface area contributed by atoms with E-state index < -0.39 is 21.1 Å². The number of benzene rings is 1. The Kier molecular flexibility index (Phi) is 5.52. The van der Waals surface area contributed by atoms with E-state index in [9.17, 15) is 13.2 Å². The first-order valence-corrected chi connectivity index (χ1v) is 7.48. The molecule has 1 aromatic carbocycles. The molecule has 0 spiro atoms. The molecular formula is C13H15NO4S. The largest absolute Gasteiger partial charge is 0.460 e. The summed E-state index contributed by atoms with van der Waals surface area (Å²) in [6, 6.07) is 10.7. The van der Waals surface area contributed by atoms with Crippen molar-refractivity contribution in [1.82, 2.24) is 0 Å². The molecule has 0 heterocycles. The number of esters is 1. The van der Waals surface area contributed by atoms with E-state index in [2.05, 4.69) is 0 Å². The van der Waals surface area contributed by atoms with Gasteiger partial charge in [0.15, 0.2) is 15.1 Å². The van der Waals surface area contributed by atoms with Crippen molar-refractivity contribution in [3.8, 4) is 6.07 Å². The van der Waals surface area contributed by atoms with Crippen molar-refractivity contribution in [2.75, 3.05) is 5.75 Å². The fourth-order valence-corrected chi connectivity index (χ4v) is 2.45. The van der Waals surface area contributed by atoms with Gasteiger partial charge in [-0.25, -0.2) is 8.42 Å². The number of carbonyl (C=O) groups excluding carboxylic acids is 1. The van der Waals surface area contributed by atoms with Crippen molar-refractivity contribution < 1.29 is 17.9 Å². The van der Waals surface area contributed by atoms with Crippen molar-refractivity contribution in [3.63, 3.8) is 0 Å². The standard InChI is InChI=1S/C13H15NO4S/c1-11(19(16,17)9-5-8-14)13(15)18-10-12-6-3-2-4-7-12/h2-4,6-7,11H,5,9-10H2,1H3. The SMILES string of the molecule is CC(C(=O)OCc1ccccc1)S(=O)(=O)CCC#N. The van der Waals surface area contributed by atoms with E-state index in [1.54, 1.807) is 30.3 Å². The summed E-state index contributed by atoms with van der Waals surface area (Å²) in [5.74, 6) is -1.12. The van der Waals surface area contributed by atoms with Gasteiger partial charge in [-0.1, -0.05) is 30.3 Å². The molecule has 0 bridgehead atoms. The van der Waals surface area contributed by atoms with Crippen LogP contribution < -0.4 is 0 Å². The molecule has 0 aromatic heterocycles. The Hall–Kier alpha value is -1.87. The normalized spacial score (nSPS) is 12.4. The van der Waals surface area contributed by atoms with Crippen LogP contribution in [0.25, 0.3) is 0 Å². The molecule has 0 aliphatic rings. The number of hydrogen-bond donors (Lipinski definition) is 0. The maximum Gasteiger partial charge on any atom is 0.324 e. The molecule has 1 rings (SSSR count). The average molecular weight is 281 g/mol. The fourth-order valence-electron chi connectivity index (χ4n) is 1.36.